The Bertz CT molecular complexity index is 1190. The van der Waals surface area contributed by atoms with Crippen molar-refractivity contribution in [1.82, 2.24) is 9.88 Å². The van der Waals surface area contributed by atoms with Gasteiger partial charge in [-0.15, -0.1) is 11.3 Å². The molecule has 3 fully saturated rings. The molecule has 33 heavy (non-hydrogen) atoms. The van der Waals surface area contributed by atoms with Crippen molar-refractivity contribution in [3.8, 4) is 11.1 Å². The second-order valence-corrected chi connectivity index (χ2v) is 13.6. The fraction of sp³-hybridized carbons (Fsp3) is 0.480. The molecule has 3 aliphatic heterocycles. The van der Waals surface area contributed by atoms with Gasteiger partial charge in [0.15, 0.2) is 0 Å². The average molecular weight is 486 g/mol. The summed E-state index contributed by atoms with van der Waals surface area (Å²) in [5.41, 5.74) is 10.4. The Morgan fingerprint density at radius 2 is 1.85 bits per heavy atom. The van der Waals surface area contributed by atoms with Gasteiger partial charge >= 0.3 is 0 Å². The van der Waals surface area contributed by atoms with E-state index in [1.807, 2.05) is 12.3 Å². The summed E-state index contributed by atoms with van der Waals surface area (Å²) in [7, 11) is -2.47. The summed E-state index contributed by atoms with van der Waals surface area (Å²) < 4.78 is 21.2. The third-order valence-electron chi connectivity index (χ3n) is 7.98. The minimum atomic E-state index is -2.47. The van der Waals surface area contributed by atoms with E-state index in [1.54, 1.807) is 11.3 Å². The van der Waals surface area contributed by atoms with Gasteiger partial charge in [-0.3, -0.25) is 18.8 Å². The summed E-state index contributed by atoms with van der Waals surface area (Å²) in [6.45, 7) is 3.33. The van der Waals surface area contributed by atoms with Gasteiger partial charge in [0, 0.05) is 33.5 Å². The van der Waals surface area contributed by atoms with Crippen LogP contribution in [0.25, 0.3) is 22.0 Å². The summed E-state index contributed by atoms with van der Waals surface area (Å²) in [6, 6.07) is 6.34. The van der Waals surface area contributed by atoms with Crippen LogP contribution in [0.2, 0.25) is 0 Å². The fourth-order valence-electron chi connectivity index (χ4n) is 6.22. The van der Waals surface area contributed by atoms with Gasteiger partial charge in [-0.05, 0) is 97.8 Å². The van der Waals surface area contributed by atoms with Crippen molar-refractivity contribution < 1.29 is 13.9 Å². The Morgan fingerprint density at radius 1 is 1.12 bits per heavy atom. The average Bonchev–Trinajstić information content (AvgIpc) is 3.55. The van der Waals surface area contributed by atoms with E-state index >= 15 is 0 Å². The van der Waals surface area contributed by atoms with Crippen LogP contribution in [0, 0.1) is 0 Å². The number of carbonyl (C=O) groups excluding carboxylic acids is 1. The Kier molecular flexibility index (Phi) is 5.34. The van der Waals surface area contributed by atoms with E-state index in [0.29, 0.717) is 5.56 Å². The lowest BCUT2D eigenvalue weighted by molar-refractivity contribution is 0.100. The number of thiophene rings is 1. The number of benzene rings is 1. The van der Waals surface area contributed by atoms with Gasteiger partial charge in [-0.1, -0.05) is 0 Å². The molecule has 6 rings (SSSR count). The number of nitrogens with zero attached hydrogens (tertiary/aromatic N) is 1. The summed E-state index contributed by atoms with van der Waals surface area (Å²) in [5.74, 6) is -0.166. The zero-order chi connectivity index (χ0) is 22.7. The maximum absolute atomic E-state index is 12.4. The molecular formula is C25H31N3O3S2. The number of amides is 1. The van der Waals surface area contributed by atoms with Crippen LogP contribution in [0.1, 0.15) is 65.2 Å². The van der Waals surface area contributed by atoms with Crippen LogP contribution in [-0.4, -0.2) is 48.5 Å². The normalized spacial score (nSPS) is 27.9. The van der Waals surface area contributed by atoms with E-state index in [9.17, 15) is 13.9 Å². The molecule has 5 N–H and O–H groups in total. The van der Waals surface area contributed by atoms with Gasteiger partial charge < -0.3 is 10.7 Å². The quantitative estimate of drug-likeness (QED) is 0.369. The van der Waals surface area contributed by atoms with Crippen LogP contribution in [-0.2, 0) is 6.54 Å². The highest BCUT2D eigenvalue weighted by molar-refractivity contribution is 8.25. The van der Waals surface area contributed by atoms with Gasteiger partial charge in [0.05, 0.1) is 11.1 Å². The number of likely N-dealkylation sites (tertiary alicyclic amines) is 1. The van der Waals surface area contributed by atoms with Crippen LogP contribution in [0.15, 0.2) is 29.8 Å². The van der Waals surface area contributed by atoms with Crippen molar-refractivity contribution in [1.29, 1.82) is 0 Å². The Balaban J connectivity index is 1.37. The molecule has 6 nitrogen and oxygen atoms in total. The fourth-order valence-corrected chi connectivity index (χ4v) is 9.70. The van der Waals surface area contributed by atoms with Crippen molar-refractivity contribution >= 4 is 38.7 Å². The number of carbonyl (C=O) groups is 1. The number of fused-ring (bicyclic) bond motifs is 3. The maximum Gasteiger partial charge on any atom is 0.250 e. The van der Waals surface area contributed by atoms with Gasteiger partial charge in [0.25, 0.3) is 5.91 Å². The zero-order valence-electron chi connectivity index (χ0n) is 18.6. The first-order valence-electron chi connectivity index (χ1n) is 11.9. The van der Waals surface area contributed by atoms with Crippen molar-refractivity contribution in [2.24, 2.45) is 5.73 Å². The molecule has 0 saturated carbocycles. The number of hydrogen-bond donors (Lipinski definition) is 4. The molecule has 3 saturated heterocycles. The van der Waals surface area contributed by atoms with E-state index in [2.05, 4.69) is 27.4 Å². The van der Waals surface area contributed by atoms with E-state index in [4.69, 9.17) is 5.73 Å². The lowest BCUT2D eigenvalue weighted by Crippen LogP contribution is -2.28. The molecule has 1 aromatic carbocycles. The van der Waals surface area contributed by atoms with Crippen LogP contribution < -0.4 is 5.73 Å². The molecule has 2 aromatic heterocycles. The van der Waals surface area contributed by atoms with Crippen molar-refractivity contribution in [2.75, 3.05) is 13.1 Å². The first-order valence-corrected chi connectivity index (χ1v) is 14.5. The number of nitrogens with two attached hydrogens (primary N) is 1. The van der Waals surface area contributed by atoms with Crippen LogP contribution in [0.5, 0.6) is 0 Å². The summed E-state index contributed by atoms with van der Waals surface area (Å²) in [5, 5.41) is 3.21. The smallest absolute Gasteiger partial charge is 0.250 e. The lowest BCUT2D eigenvalue weighted by Gasteiger charge is -2.46. The Hall–Kier alpha value is -1.84. The second-order valence-electron chi connectivity index (χ2n) is 9.97. The Morgan fingerprint density at radius 3 is 2.55 bits per heavy atom. The number of nitrogens with one attached hydrogen (secondary N) is 1. The molecule has 0 radical (unpaired) electrons. The van der Waals surface area contributed by atoms with Crippen LogP contribution in [0.4, 0.5) is 0 Å². The van der Waals surface area contributed by atoms with Crippen molar-refractivity contribution in [3.63, 3.8) is 0 Å². The largest absolute Gasteiger partial charge is 0.366 e. The van der Waals surface area contributed by atoms with Gasteiger partial charge in [-0.2, -0.15) is 10.6 Å². The van der Waals surface area contributed by atoms with E-state index in [1.165, 1.54) is 36.4 Å². The zero-order valence-corrected chi connectivity index (χ0v) is 20.3. The van der Waals surface area contributed by atoms with Crippen molar-refractivity contribution in [2.45, 2.75) is 61.5 Å². The standard InChI is InChI=1S/C25H31N3O3S2/c26-25(29)22-11-15(17-7-18(32-14-17)13-28-5-1-2-6-28)10-21-23(12-27-24(21)22)16-8-19-3-4-20(9-16)33(19,30)31/h7,10-12,14,16,19-20,27,30-31H,1-6,8-9,13H2,(H2,26,29). The summed E-state index contributed by atoms with van der Waals surface area (Å²) >= 11 is 1.78. The van der Waals surface area contributed by atoms with Crippen LogP contribution >= 0.6 is 21.9 Å². The summed E-state index contributed by atoms with van der Waals surface area (Å²) in [4.78, 5) is 19.5. The molecule has 5 heterocycles. The van der Waals surface area contributed by atoms with Gasteiger partial charge in [-0.25, -0.2) is 0 Å². The third-order valence-corrected chi connectivity index (χ3v) is 11.7. The highest BCUT2D eigenvalue weighted by Gasteiger charge is 2.47. The molecule has 0 spiro atoms. The van der Waals surface area contributed by atoms with Crippen molar-refractivity contribution in [3.05, 3.63) is 45.8 Å². The number of primary amides is 1. The van der Waals surface area contributed by atoms with E-state index in [0.717, 1.165) is 54.3 Å². The number of H-pyrrole nitrogens is 1. The minimum absolute atomic E-state index is 0.00462. The molecule has 8 heteroatoms. The summed E-state index contributed by atoms with van der Waals surface area (Å²) in [6.07, 6.45) is 7.96. The lowest BCUT2D eigenvalue weighted by atomic mass is 9.89. The second kappa shape index (κ2) is 8.13. The number of aromatic nitrogens is 1. The van der Waals surface area contributed by atoms with E-state index < -0.39 is 16.5 Å². The first kappa shape index (κ1) is 21.7. The van der Waals surface area contributed by atoms with Gasteiger partial charge in [0.1, 0.15) is 0 Å². The minimum Gasteiger partial charge on any atom is -0.366 e. The highest BCUT2D eigenvalue weighted by Crippen LogP contribution is 2.66. The molecule has 0 aliphatic carbocycles. The van der Waals surface area contributed by atoms with Gasteiger partial charge in [0.2, 0.25) is 0 Å². The number of rotatable bonds is 5. The molecule has 2 unspecified atom stereocenters. The molecule has 3 aromatic rings. The predicted octanol–water partition coefficient (Wildman–Crippen LogP) is 5.75. The number of aromatic amines is 1. The topological polar surface area (TPSA) is 103 Å². The first-order chi connectivity index (χ1) is 15.9. The maximum atomic E-state index is 12.4. The SMILES string of the molecule is NC(=O)c1cc(-c2csc(CN3CCCC3)c2)cc2c(C3CC4CCC(C3)S4(O)O)c[nH]c12. The molecule has 3 aliphatic rings. The van der Waals surface area contributed by atoms with E-state index in [-0.39, 0.29) is 16.4 Å². The molecule has 1 amide bonds. The monoisotopic (exact) mass is 485 g/mol. The third kappa shape index (κ3) is 3.72. The number of hydrogen-bond acceptors (Lipinski definition) is 5. The molecule has 2 atom stereocenters. The highest BCUT2D eigenvalue weighted by atomic mass is 32.3. The molecule has 176 valence electrons. The van der Waals surface area contributed by atoms with Crippen LogP contribution in [0.3, 0.4) is 0 Å². The predicted molar refractivity (Wildman–Crippen MR) is 136 cm³/mol. The molecular weight excluding hydrogens is 454 g/mol. The Labute approximate surface area is 199 Å². The molecule has 2 bridgehead atoms.